The maximum atomic E-state index is 12.3. The van der Waals surface area contributed by atoms with Gasteiger partial charge in [0.2, 0.25) is 0 Å². The highest BCUT2D eigenvalue weighted by Crippen LogP contribution is 2.40. The summed E-state index contributed by atoms with van der Waals surface area (Å²) in [6.07, 6.45) is 0. The molecule has 0 aliphatic carbocycles. The van der Waals surface area contributed by atoms with Crippen LogP contribution in [0.25, 0.3) is 32.1 Å². The molecule has 4 rings (SSSR count). The van der Waals surface area contributed by atoms with Crippen molar-refractivity contribution in [2.75, 3.05) is 26.8 Å². The number of aromatic amines is 1. The smallest absolute Gasteiger partial charge is 0.266 e. The Balaban J connectivity index is 1.81. The van der Waals surface area contributed by atoms with Gasteiger partial charge >= 0.3 is 0 Å². The first-order valence-electron chi connectivity index (χ1n) is 9.27. The lowest BCUT2D eigenvalue weighted by molar-refractivity contribution is 0.315. The van der Waals surface area contributed by atoms with E-state index in [0.29, 0.717) is 6.61 Å². The predicted molar refractivity (Wildman–Crippen MR) is 116 cm³/mol. The van der Waals surface area contributed by atoms with Gasteiger partial charge in [-0.05, 0) is 47.8 Å². The van der Waals surface area contributed by atoms with E-state index in [4.69, 9.17) is 9.47 Å². The van der Waals surface area contributed by atoms with Crippen molar-refractivity contribution in [1.29, 1.82) is 0 Å². The summed E-state index contributed by atoms with van der Waals surface area (Å²) in [5.74, 6) is 1.60. The van der Waals surface area contributed by atoms with Crippen LogP contribution < -0.4 is 20.3 Å². The molecule has 0 aliphatic rings. The minimum atomic E-state index is -0.0574. The van der Waals surface area contributed by atoms with Crippen LogP contribution in [0.2, 0.25) is 0 Å². The topological polar surface area (TPSA) is 63.4 Å². The summed E-state index contributed by atoms with van der Waals surface area (Å²) in [4.78, 5) is 15.3. The average molecular weight is 394 g/mol. The molecule has 6 heteroatoms. The van der Waals surface area contributed by atoms with Gasteiger partial charge in [-0.2, -0.15) is 0 Å². The van der Waals surface area contributed by atoms with Gasteiger partial charge in [-0.3, -0.25) is 4.79 Å². The lowest BCUT2D eigenvalue weighted by Gasteiger charge is -2.14. The molecule has 5 nitrogen and oxygen atoms in total. The maximum absolute atomic E-state index is 12.3. The first-order chi connectivity index (χ1) is 13.7. The van der Waals surface area contributed by atoms with Crippen molar-refractivity contribution in [3.63, 3.8) is 0 Å². The molecule has 0 fully saturated rings. The van der Waals surface area contributed by atoms with E-state index in [1.54, 1.807) is 7.11 Å². The lowest BCUT2D eigenvalue weighted by atomic mass is 9.97. The van der Waals surface area contributed by atoms with Gasteiger partial charge in [0.05, 0.1) is 7.11 Å². The van der Waals surface area contributed by atoms with Gasteiger partial charge in [0.15, 0.2) is 0 Å². The molecule has 0 radical (unpaired) electrons. The Morgan fingerprint density at radius 3 is 2.68 bits per heavy atom. The van der Waals surface area contributed by atoms with Crippen molar-refractivity contribution in [3.8, 4) is 22.6 Å². The number of fused-ring (bicyclic) bond motifs is 3. The Bertz CT molecular complexity index is 1160. The largest absolute Gasteiger partial charge is 0.496 e. The zero-order valence-corrected chi connectivity index (χ0v) is 16.7. The normalized spacial score (nSPS) is 11.2. The van der Waals surface area contributed by atoms with Crippen molar-refractivity contribution < 1.29 is 9.47 Å². The van der Waals surface area contributed by atoms with E-state index in [2.05, 4.69) is 17.2 Å². The third-order valence-electron chi connectivity index (χ3n) is 4.72. The Morgan fingerprint density at radius 2 is 1.93 bits per heavy atom. The van der Waals surface area contributed by atoms with E-state index < -0.39 is 0 Å². The fourth-order valence-electron chi connectivity index (χ4n) is 3.42. The van der Waals surface area contributed by atoms with Gasteiger partial charge in [0, 0.05) is 28.4 Å². The summed E-state index contributed by atoms with van der Waals surface area (Å²) in [5, 5.41) is 7.13. The lowest BCUT2D eigenvalue weighted by Crippen LogP contribution is -2.20. The van der Waals surface area contributed by atoms with E-state index in [0.717, 1.165) is 56.7 Å². The second-order valence-electron chi connectivity index (χ2n) is 6.41. The second kappa shape index (κ2) is 8.04. The summed E-state index contributed by atoms with van der Waals surface area (Å²) < 4.78 is 12.2. The van der Waals surface area contributed by atoms with Gasteiger partial charge < -0.3 is 19.8 Å². The molecule has 0 amide bonds. The van der Waals surface area contributed by atoms with Crippen molar-refractivity contribution >= 4 is 32.3 Å². The molecule has 2 N–H and O–H groups in total. The summed E-state index contributed by atoms with van der Waals surface area (Å²) in [5.41, 5.74) is 2.73. The minimum absolute atomic E-state index is 0.0574. The van der Waals surface area contributed by atoms with Crippen molar-refractivity contribution in [1.82, 2.24) is 10.3 Å². The maximum Gasteiger partial charge on any atom is 0.266 e. The van der Waals surface area contributed by atoms with E-state index in [-0.39, 0.29) is 5.56 Å². The number of thiophene rings is 1. The van der Waals surface area contributed by atoms with Crippen LogP contribution >= 0.6 is 11.3 Å². The fraction of sp³-hybridized carbons (Fsp3) is 0.227. The average Bonchev–Trinajstić information content (AvgIpc) is 3.22. The van der Waals surface area contributed by atoms with Crippen LogP contribution in [0.5, 0.6) is 11.5 Å². The first kappa shape index (κ1) is 18.5. The number of methoxy groups -OCH3 is 1. The molecule has 2 aromatic heterocycles. The SMILES string of the molecule is CCNCCOc1ccc(-c2c(OC)ccc3[nH]c(=O)c4sccc4c23)cc1. The minimum Gasteiger partial charge on any atom is -0.496 e. The van der Waals surface area contributed by atoms with Gasteiger partial charge in [-0.15, -0.1) is 11.3 Å². The number of likely N-dealkylation sites (N-methyl/N-ethyl adjacent to an activating group) is 1. The van der Waals surface area contributed by atoms with Crippen LogP contribution in [0, 0.1) is 0 Å². The molecule has 0 saturated heterocycles. The Morgan fingerprint density at radius 1 is 1.11 bits per heavy atom. The van der Waals surface area contributed by atoms with E-state index in [1.807, 2.05) is 47.8 Å². The predicted octanol–water partition coefficient (Wildman–Crippen LogP) is 4.41. The third-order valence-corrected chi connectivity index (χ3v) is 5.63. The quantitative estimate of drug-likeness (QED) is 0.456. The highest BCUT2D eigenvalue weighted by atomic mass is 32.1. The third kappa shape index (κ3) is 3.37. The van der Waals surface area contributed by atoms with E-state index >= 15 is 0 Å². The molecule has 144 valence electrons. The number of hydrogen-bond donors (Lipinski definition) is 2. The molecule has 0 saturated carbocycles. The molecule has 28 heavy (non-hydrogen) atoms. The van der Waals surface area contributed by atoms with Gasteiger partial charge in [0.25, 0.3) is 5.56 Å². The standard InChI is InChI=1S/C22H22N2O3S/c1-3-23-11-12-27-15-6-4-14(5-7-15)19-18(26-2)9-8-17-20(19)16-10-13-28-21(16)22(25)24-17/h4-10,13,23H,3,11-12H2,1-2H3,(H,24,25). The van der Waals surface area contributed by atoms with Crippen LogP contribution in [0.4, 0.5) is 0 Å². The Labute approximate surface area is 166 Å². The molecule has 2 aromatic carbocycles. The summed E-state index contributed by atoms with van der Waals surface area (Å²) >= 11 is 1.45. The fourth-order valence-corrected chi connectivity index (χ4v) is 4.22. The number of H-pyrrole nitrogens is 1. The van der Waals surface area contributed by atoms with Crippen molar-refractivity contribution in [3.05, 3.63) is 58.2 Å². The van der Waals surface area contributed by atoms with Gasteiger partial charge in [-0.1, -0.05) is 19.1 Å². The molecular formula is C22H22N2O3S. The highest BCUT2D eigenvalue weighted by molar-refractivity contribution is 7.17. The zero-order valence-electron chi connectivity index (χ0n) is 15.9. The molecule has 0 spiro atoms. The zero-order chi connectivity index (χ0) is 19.5. The Hall–Kier alpha value is -2.83. The van der Waals surface area contributed by atoms with Crippen LogP contribution in [-0.4, -0.2) is 31.8 Å². The van der Waals surface area contributed by atoms with Crippen LogP contribution in [0.15, 0.2) is 52.6 Å². The number of pyridine rings is 1. The number of benzene rings is 2. The molecular weight excluding hydrogens is 372 g/mol. The molecule has 0 aliphatic heterocycles. The number of ether oxygens (including phenoxy) is 2. The van der Waals surface area contributed by atoms with Gasteiger partial charge in [-0.25, -0.2) is 0 Å². The highest BCUT2D eigenvalue weighted by Gasteiger charge is 2.16. The molecule has 2 heterocycles. The second-order valence-corrected chi connectivity index (χ2v) is 7.33. The molecule has 4 aromatic rings. The molecule has 0 unspecified atom stereocenters. The summed E-state index contributed by atoms with van der Waals surface area (Å²) in [6, 6.07) is 13.8. The number of aromatic nitrogens is 1. The van der Waals surface area contributed by atoms with Crippen LogP contribution in [0.3, 0.4) is 0 Å². The first-order valence-corrected chi connectivity index (χ1v) is 10.1. The monoisotopic (exact) mass is 394 g/mol. The van der Waals surface area contributed by atoms with E-state index in [9.17, 15) is 4.79 Å². The Kier molecular flexibility index (Phi) is 5.32. The van der Waals surface area contributed by atoms with Crippen molar-refractivity contribution in [2.24, 2.45) is 0 Å². The number of hydrogen-bond acceptors (Lipinski definition) is 5. The van der Waals surface area contributed by atoms with Crippen LogP contribution in [-0.2, 0) is 0 Å². The number of nitrogens with one attached hydrogen (secondary N) is 2. The van der Waals surface area contributed by atoms with Crippen molar-refractivity contribution in [2.45, 2.75) is 6.92 Å². The van der Waals surface area contributed by atoms with Crippen LogP contribution in [0.1, 0.15) is 6.92 Å². The molecule has 0 bridgehead atoms. The van der Waals surface area contributed by atoms with Gasteiger partial charge in [0.1, 0.15) is 22.8 Å². The number of rotatable bonds is 7. The van der Waals surface area contributed by atoms with E-state index in [1.165, 1.54) is 11.3 Å². The summed E-state index contributed by atoms with van der Waals surface area (Å²) in [6.45, 7) is 4.45. The molecule has 0 atom stereocenters. The summed E-state index contributed by atoms with van der Waals surface area (Å²) in [7, 11) is 1.67.